The summed E-state index contributed by atoms with van der Waals surface area (Å²) in [5.74, 6) is 0.670. The molecule has 0 atom stereocenters. The van der Waals surface area contributed by atoms with Crippen LogP contribution < -0.4 is 0 Å². The number of benzene rings is 10. The monoisotopic (exact) mass is 879 g/mol. The van der Waals surface area contributed by atoms with Crippen molar-refractivity contribution < 1.29 is 4.42 Å². The molecule has 0 fully saturated rings. The number of hydrogen-bond acceptors (Lipinski definition) is 4. The SMILES string of the molecule is c1ccc(-c2cccc(-c3cc(-c4cccc(-c5ccccc5)c4)nc(-c4ccc(-c5ccc(-c6c7c(cc8c(-c9ccccc9)nc9ccccc9c68)oc6ccccc67)cc5)cc4)n3)c2)cc1. The normalized spacial score (nSPS) is 11.5. The molecular weight excluding hydrogens is 839 g/mol. The maximum atomic E-state index is 6.64. The second-order valence-electron chi connectivity index (χ2n) is 17.5. The zero-order chi connectivity index (χ0) is 45.7. The third-order valence-corrected chi connectivity index (χ3v) is 13.3. The number of nitrogens with zero attached hydrogens (tertiary/aromatic N) is 3. The molecule has 4 heteroatoms. The summed E-state index contributed by atoms with van der Waals surface area (Å²) in [7, 11) is 0. The van der Waals surface area contributed by atoms with Crippen LogP contribution in [0.5, 0.6) is 0 Å². The van der Waals surface area contributed by atoms with Crippen molar-refractivity contribution in [1.82, 2.24) is 15.0 Å². The van der Waals surface area contributed by atoms with E-state index in [-0.39, 0.29) is 0 Å². The Morgan fingerprint density at radius 3 is 1.33 bits per heavy atom. The Balaban J connectivity index is 0.914. The molecule has 0 N–H and O–H groups in total. The third-order valence-electron chi connectivity index (χ3n) is 13.3. The van der Waals surface area contributed by atoms with Gasteiger partial charge < -0.3 is 4.42 Å². The predicted octanol–water partition coefficient (Wildman–Crippen LogP) is 17.4. The van der Waals surface area contributed by atoms with Crippen molar-refractivity contribution in [3.8, 4) is 89.7 Å². The number of hydrogen-bond donors (Lipinski definition) is 0. The van der Waals surface area contributed by atoms with Gasteiger partial charge in [-0.3, -0.25) is 0 Å². The van der Waals surface area contributed by atoms with Gasteiger partial charge in [0.1, 0.15) is 11.2 Å². The number of rotatable bonds is 8. The van der Waals surface area contributed by atoms with Crippen LogP contribution in [-0.2, 0) is 0 Å². The molecule has 0 bridgehead atoms. The van der Waals surface area contributed by atoms with Gasteiger partial charge in [0.05, 0.1) is 22.6 Å². The summed E-state index contributed by atoms with van der Waals surface area (Å²) in [5, 5.41) is 5.52. The second kappa shape index (κ2) is 16.9. The van der Waals surface area contributed by atoms with Crippen LogP contribution in [0.3, 0.4) is 0 Å². The highest BCUT2D eigenvalue weighted by molar-refractivity contribution is 6.27. The Kier molecular flexibility index (Phi) is 9.80. The van der Waals surface area contributed by atoms with Crippen LogP contribution in [0.2, 0.25) is 0 Å². The van der Waals surface area contributed by atoms with E-state index in [1.54, 1.807) is 0 Å². The molecule has 0 aliphatic rings. The molecule has 3 aromatic heterocycles. The van der Waals surface area contributed by atoms with Gasteiger partial charge in [0.2, 0.25) is 0 Å². The van der Waals surface area contributed by atoms with Crippen molar-refractivity contribution in [2.75, 3.05) is 0 Å². The lowest BCUT2D eigenvalue weighted by Gasteiger charge is -2.16. The maximum Gasteiger partial charge on any atom is 0.160 e. The summed E-state index contributed by atoms with van der Waals surface area (Å²) in [4.78, 5) is 15.8. The summed E-state index contributed by atoms with van der Waals surface area (Å²) in [5.41, 5.74) is 18.5. The number of para-hydroxylation sites is 2. The molecule has 0 saturated carbocycles. The lowest BCUT2D eigenvalue weighted by molar-refractivity contribution is 0.669. The van der Waals surface area contributed by atoms with E-state index in [2.05, 4.69) is 224 Å². The average Bonchev–Trinajstić information content (AvgIpc) is 3.81. The first kappa shape index (κ1) is 40.1. The van der Waals surface area contributed by atoms with E-state index < -0.39 is 0 Å². The van der Waals surface area contributed by atoms with Gasteiger partial charge in [0.25, 0.3) is 0 Å². The van der Waals surface area contributed by atoms with E-state index in [1.807, 2.05) is 24.3 Å². The molecule has 69 heavy (non-hydrogen) atoms. The summed E-state index contributed by atoms with van der Waals surface area (Å²) in [6.07, 6.45) is 0. The lowest BCUT2D eigenvalue weighted by atomic mass is 9.89. The van der Waals surface area contributed by atoms with Gasteiger partial charge in [-0.1, -0.05) is 212 Å². The Hall–Kier alpha value is -9.25. The minimum absolute atomic E-state index is 0.670. The first-order valence-electron chi connectivity index (χ1n) is 23.3. The van der Waals surface area contributed by atoms with Gasteiger partial charge in [-0.2, -0.15) is 0 Å². The minimum atomic E-state index is 0.670. The molecule has 4 nitrogen and oxygen atoms in total. The van der Waals surface area contributed by atoms with Crippen LogP contribution in [0.1, 0.15) is 0 Å². The zero-order valence-corrected chi connectivity index (χ0v) is 37.4. The van der Waals surface area contributed by atoms with Crippen molar-refractivity contribution in [1.29, 1.82) is 0 Å². The largest absolute Gasteiger partial charge is 0.456 e. The van der Waals surface area contributed by atoms with E-state index in [4.69, 9.17) is 19.4 Å². The molecule has 3 heterocycles. The minimum Gasteiger partial charge on any atom is -0.456 e. The van der Waals surface area contributed by atoms with Crippen molar-refractivity contribution in [3.63, 3.8) is 0 Å². The number of aromatic nitrogens is 3. The van der Waals surface area contributed by atoms with Crippen molar-refractivity contribution >= 4 is 43.6 Å². The highest BCUT2D eigenvalue weighted by Crippen LogP contribution is 2.46. The van der Waals surface area contributed by atoms with E-state index >= 15 is 0 Å². The first-order valence-corrected chi connectivity index (χ1v) is 23.3. The van der Waals surface area contributed by atoms with E-state index in [9.17, 15) is 0 Å². The molecular formula is C65H41N3O. The van der Waals surface area contributed by atoms with Crippen LogP contribution in [0.15, 0.2) is 253 Å². The number of fused-ring (bicyclic) bond motifs is 6. The predicted molar refractivity (Wildman–Crippen MR) is 286 cm³/mol. The van der Waals surface area contributed by atoms with E-state index in [0.717, 1.165) is 127 Å². The molecule has 322 valence electrons. The lowest BCUT2D eigenvalue weighted by Crippen LogP contribution is -1.96. The Bertz CT molecular complexity index is 3930. The molecule has 0 radical (unpaired) electrons. The van der Waals surface area contributed by atoms with Gasteiger partial charge in [0.15, 0.2) is 5.82 Å². The molecule has 0 unspecified atom stereocenters. The molecule has 0 aliphatic heterocycles. The summed E-state index contributed by atoms with van der Waals surface area (Å²) in [6, 6.07) is 87.4. The molecule has 13 aromatic rings. The number of pyridine rings is 1. The van der Waals surface area contributed by atoms with Crippen LogP contribution in [0, 0.1) is 0 Å². The van der Waals surface area contributed by atoms with Crippen molar-refractivity contribution in [2.45, 2.75) is 0 Å². The highest BCUT2D eigenvalue weighted by atomic mass is 16.3. The fourth-order valence-electron chi connectivity index (χ4n) is 9.91. The molecule has 13 rings (SSSR count). The van der Waals surface area contributed by atoms with Crippen LogP contribution in [0.25, 0.3) is 133 Å². The highest BCUT2D eigenvalue weighted by Gasteiger charge is 2.22. The molecule has 0 spiro atoms. The van der Waals surface area contributed by atoms with Crippen LogP contribution >= 0.6 is 0 Å². The standard InChI is InChI=1S/C65H41N3O/c1-4-16-42(17-5-1)49-22-14-24-51(38-49)57-41-58(52-25-15-23-50(39-52)43-18-6-2-7-19-43)68-65(67-57)48-36-32-45(33-37-48)44-30-34-46(35-31-44)61-62-53-26-10-12-28-56(53)66-64(47-20-8-3-9-21-47)55(62)40-60-63(61)54-27-11-13-29-59(54)69-60/h1-41H. The van der Waals surface area contributed by atoms with Gasteiger partial charge in [-0.15, -0.1) is 0 Å². The first-order chi connectivity index (χ1) is 34.2. The Morgan fingerprint density at radius 2 is 0.725 bits per heavy atom. The van der Waals surface area contributed by atoms with Gasteiger partial charge >= 0.3 is 0 Å². The summed E-state index contributed by atoms with van der Waals surface area (Å²) >= 11 is 0. The zero-order valence-electron chi connectivity index (χ0n) is 37.4. The fraction of sp³-hybridized carbons (Fsp3) is 0. The van der Waals surface area contributed by atoms with E-state index in [1.165, 1.54) is 0 Å². The Morgan fingerprint density at radius 1 is 0.261 bits per heavy atom. The van der Waals surface area contributed by atoms with Gasteiger partial charge in [-0.25, -0.2) is 15.0 Å². The summed E-state index contributed by atoms with van der Waals surface area (Å²) < 4.78 is 6.64. The van der Waals surface area contributed by atoms with E-state index in [0.29, 0.717) is 5.82 Å². The van der Waals surface area contributed by atoms with Crippen molar-refractivity contribution in [3.05, 3.63) is 249 Å². The second-order valence-corrected chi connectivity index (χ2v) is 17.5. The molecule has 0 aliphatic carbocycles. The third kappa shape index (κ3) is 7.32. The smallest absolute Gasteiger partial charge is 0.160 e. The average molecular weight is 880 g/mol. The molecule has 0 saturated heterocycles. The Labute approximate surface area is 399 Å². The fourth-order valence-corrected chi connectivity index (χ4v) is 9.91. The van der Waals surface area contributed by atoms with Crippen LogP contribution in [0.4, 0.5) is 0 Å². The topological polar surface area (TPSA) is 51.8 Å². The number of furan rings is 1. The quantitative estimate of drug-likeness (QED) is 0.143. The van der Waals surface area contributed by atoms with Crippen molar-refractivity contribution in [2.24, 2.45) is 0 Å². The molecule has 0 amide bonds. The summed E-state index contributed by atoms with van der Waals surface area (Å²) in [6.45, 7) is 0. The van der Waals surface area contributed by atoms with Gasteiger partial charge in [0, 0.05) is 54.7 Å². The van der Waals surface area contributed by atoms with Gasteiger partial charge in [-0.05, 0) is 75.3 Å². The molecule has 10 aromatic carbocycles. The maximum absolute atomic E-state index is 6.64. The van der Waals surface area contributed by atoms with Crippen LogP contribution in [-0.4, -0.2) is 15.0 Å².